The van der Waals surface area contributed by atoms with E-state index in [4.69, 9.17) is 9.47 Å². The minimum absolute atomic E-state index is 0.112. The van der Waals surface area contributed by atoms with Gasteiger partial charge in [-0.15, -0.1) is 0 Å². The molecule has 0 saturated carbocycles. The summed E-state index contributed by atoms with van der Waals surface area (Å²) in [5.74, 6) is 0.359. The zero-order chi connectivity index (χ0) is 11.6. The zero-order valence-corrected chi connectivity index (χ0v) is 9.86. The predicted octanol–water partition coefficient (Wildman–Crippen LogP) is 0.607. The second-order valence-electron chi connectivity index (χ2n) is 4.48. The highest BCUT2D eigenvalue weighted by Gasteiger charge is 2.29. The van der Waals surface area contributed by atoms with Crippen LogP contribution in [0.5, 0.6) is 0 Å². The predicted molar refractivity (Wildman–Crippen MR) is 57.7 cm³/mol. The van der Waals surface area contributed by atoms with Crippen molar-refractivity contribution in [1.29, 1.82) is 0 Å². The van der Waals surface area contributed by atoms with Crippen LogP contribution in [-0.4, -0.2) is 40.2 Å². The Morgan fingerprint density at radius 1 is 1.50 bits per heavy atom. The van der Waals surface area contributed by atoms with Crippen molar-refractivity contribution in [1.82, 2.24) is 20.5 Å². The van der Waals surface area contributed by atoms with Crippen molar-refractivity contribution < 1.29 is 9.47 Å². The first-order chi connectivity index (χ1) is 7.57. The molecule has 1 aromatic heterocycles. The molecule has 0 radical (unpaired) electrons. The first-order valence-electron chi connectivity index (χ1n) is 5.46. The fourth-order valence-corrected chi connectivity index (χ4v) is 1.64. The number of ether oxygens (including phenoxy) is 2. The van der Waals surface area contributed by atoms with Crippen LogP contribution < -0.4 is 5.32 Å². The van der Waals surface area contributed by atoms with E-state index in [9.17, 15) is 0 Å². The minimum Gasteiger partial charge on any atom is -0.349 e. The average molecular weight is 226 g/mol. The molecule has 1 unspecified atom stereocenters. The standard InChI is InChI=1S/C10H18N4O2/c1-7(9-11-6-12-14-9)13-8-4-15-10(2,3)16-5-8/h6-8,13H,4-5H2,1-3H3,(H,11,12,14). The van der Waals surface area contributed by atoms with Crippen molar-refractivity contribution in [3.05, 3.63) is 12.2 Å². The van der Waals surface area contributed by atoms with Gasteiger partial charge in [-0.1, -0.05) is 0 Å². The first kappa shape index (κ1) is 11.5. The third-order valence-electron chi connectivity index (χ3n) is 2.59. The topological polar surface area (TPSA) is 72.1 Å². The smallest absolute Gasteiger partial charge is 0.162 e. The van der Waals surface area contributed by atoms with Crippen molar-refractivity contribution in [3.8, 4) is 0 Å². The van der Waals surface area contributed by atoms with Crippen LogP contribution >= 0.6 is 0 Å². The summed E-state index contributed by atoms with van der Waals surface area (Å²) in [6, 6.07) is 0.300. The van der Waals surface area contributed by atoms with E-state index in [0.717, 1.165) is 5.82 Å². The number of rotatable bonds is 3. The third-order valence-corrected chi connectivity index (χ3v) is 2.59. The van der Waals surface area contributed by atoms with Gasteiger partial charge in [0.2, 0.25) is 0 Å². The molecule has 0 bridgehead atoms. The van der Waals surface area contributed by atoms with Gasteiger partial charge in [-0.05, 0) is 20.8 Å². The van der Waals surface area contributed by atoms with E-state index in [-0.39, 0.29) is 12.1 Å². The largest absolute Gasteiger partial charge is 0.349 e. The molecule has 1 aromatic rings. The minimum atomic E-state index is -0.465. The van der Waals surface area contributed by atoms with E-state index < -0.39 is 5.79 Å². The average Bonchev–Trinajstić information content (AvgIpc) is 2.74. The van der Waals surface area contributed by atoms with Crippen molar-refractivity contribution >= 4 is 0 Å². The molecule has 16 heavy (non-hydrogen) atoms. The summed E-state index contributed by atoms with van der Waals surface area (Å²) in [6.45, 7) is 7.16. The van der Waals surface area contributed by atoms with E-state index in [0.29, 0.717) is 13.2 Å². The van der Waals surface area contributed by atoms with E-state index >= 15 is 0 Å². The van der Waals surface area contributed by atoms with Gasteiger partial charge in [0, 0.05) is 0 Å². The second-order valence-corrected chi connectivity index (χ2v) is 4.48. The molecule has 0 aromatic carbocycles. The van der Waals surface area contributed by atoms with E-state index in [2.05, 4.69) is 20.5 Å². The van der Waals surface area contributed by atoms with Crippen LogP contribution in [0, 0.1) is 0 Å². The van der Waals surface area contributed by atoms with Gasteiger partial charge in [0.25, 0.3) is 0 Å². The number of nitrogens with one attached hydrogen (secondary N) is 2. The SMILES string of the molecule is CC(NC1COC(C)(C)OC1)c1ncn[nH]1. The molecule has 1 atom stereocenters. The van der Waals surface area contributed by atoms with Gasteiger partial charge in [0.05, 0.1) is 25.3 Å². The number of hydrogen-bond acceptors (Lipinski definition) is 5. The summed E-state index contributed by atoms with van der Waals surface area (Å²) in [6.07, 6.45) is 1.50. The lowest BCUT2D eigenvalue weighted by Crippen LogP contribution is -2.49. The highest BCUT2D eigenvalue weighted by Crippen LogP contribution is 2.18. The molecule has 6 nitrogen and oxygen atoms in total. The van der Waals surface area contributed by atoms with Crippen molar-refractivity contribution in [3.63, 3.8) is 0 Å². The molecule has 1 aliphatic rings. The van der Waals surface area contributed by atoms with Gasteiger partial charge in [-0.3, -0.25) is 5.10 Å². The van der Waals surface area contributed by atoms with Crippen molar-refractivity contribution in [2.75, 3.05) is 13.2 Å². The fourth-order valence-electron chi connectivity index (χ4n) is 1.64. The molecule has 6 heteroatoms. The quantitative estimate of drug-likeness (QED) is 0.790. The Bertz CT molecular complexity index is 316. The maximum absolute atomic E-state index is 5.57. The van der Waals surface area contributed by atoms with Crippen LogP contribution in [0.3, 0.4) is 0 Å². The van der Waals surface area contributed by atoms with E-state index in [1.54, 1.807) is 0 Å². The van der Waals surface area contributed by atoms with E-state index in [1.165, 1.54) is 6.33 Å². The zero-order valence-electron chi connectivity index (χ0n) is 9.86. The molecule has 0 amide bonds. The number of aromatic amines is 1. The molecule has 2 heterocycles. The number of aromatic nitrogens is 3. The summed E-state index contributed by atoms with van der Waals surface area (Å²) in [4.78, 5) is 4.10. The van der Waals surface area contributed by atoms with Gasteiger partial charge >= 0.3 is 0 Å². The Balaban J connectivity index is 1.83. The van der Waals surface area contributed by atoms with Crippen molar-refractivity contribution in [2.45, 2.75) is 38.6 Å². The van der Waals surface area contributed by atoms with Gasteiger partial charge < -0.3 is 14.8 Å². The van der Waals surface area contributed by atoms with E-state index in [1.807, 2.05) is 20.8 Å². The Kier molecular flexibility index (Phi) is 3.22. The molecule has 2 N–H and O–H groups in total. The molecule has 0 spiro atoms. The molecule has 0 aliphatic carbocycles. The Morgan fingerprint density at radius 2 is 2.19 bits per heavy atom. The molecular weight excluding hydrogens is 208 g/mol. The third kappa shape index (κ3) is 2.78. The van der Waals surface area contributed by atoms with Gasteiger partial charge in [-0.25, -0.2) is 4.98 Å². The molecule has 1 saturated heterocycles. The Labute approximate surface area is 94.7 Å². The van der Waals surface area contributed by atoms with Crippen LogP contribution in [0.25, 0.3) is 0 Å². The van der Waals surface area contributed by atoms with Crippen LogP contribution in [0.1, 0.15) is 32.6 Å². The lowest BCUT2D eigenvalue weighted by atomic mass is 10.2. The molecular formula is C10H18N4O2. The van der Waals surface area contributed by atoms with Gasteiger partial charge in [0.15, 0.2) is 5.79 Å². The highest BCUT2D eigenvalue weighted by atomic mass is 16.7. The normalized spacial score (nSPS) is 23.2. The van der Waals surface area contributed by atoms with Gasteiger partial charge in [0.1, 0.15) is 12.2 Å². The summed E-state index contributed by atoms with van der Waals surface area (Å²) in [5.41, 5.74) is 0. The Morgan fingerprint density at radius 3 is 2.75 bits per heavy atom. The lowest BCUT2D eigenvalue weighted by molar-refractivity contribution is -0.253. The van der Waals surface area contributed by atoms with Crippen LogP contribution in [0.2, 0.25) is 0 Å². The molecule has 90 valence electrons. The summed E-state index contributed by atoms with van der Waals surface area (Å²) >= 11 is 0. The summed E-state index contributed by atoms with van der Waals surface area (Å²) in [7, 11) is 0. The van der Waals surface area contributed by atoms with Crippen LogP contribution in [-0.2, 0) is 9.47 Å². The van der Waals surface area contributed by atoms with Crippen LogP contribution in [0.15, 0.2) is 6.33 Å². The van der Waals surface area contributed by atoms with Crippen LogP contribution in [0.4, 0.5) is 0 Å². The highest BCUT2D eigenvalue weighted by molar-refractivity contribution is 4.90. The Hall–Kier alpha value is -0.980. The molecule has 1 aliphatic heterocycles. The number of H-pyrrole nitrogens is 1. The van der Waals surface area contributed by atoms with Crippen molar-refractivity contribution in [2.24, 2.45) is 0 Å². The lowest BCUT2D eigenvalue weighted by Gasteiger charge is -2.36. The maximum Gasteiger partial charge on any atom is 0.162 e. The fraction of sp³-hybridized carbons (Fsp3) is 0.800. The summed E-state index contributed by atoms with van der Waals surface area (Å²) < 4.78 is 11.1. The molecule has 1 fully saturated rings. The first-order valence-corrected chi connectivity index (χ1v) is 5.46. The summed E-state index contributed by atoms with van der Waals surface area (Å²) in [5, 5.41) is 10.0. The second kappa shape index (κ2) is 4.48. The monoisotopic (exact) mass is 226 g/mol. The number of nitrogens with zero attached hydrogens (tertiary/aromatic N) is 2. The van der Waals surface area contributed by atoms with Gasteiger partial charge in [-0.2, -0.15) is 5.10 Å². The maximum atomic E-state index is 5.57. The molecule has 2 rings (SSSR count). The number of hydrogen-bond donors (Lipinski definition) is 2.